The minimum absolute atomic E-state index is 0.173. The molecule has 1 aliphatic carbocycles. The third-order valence-corrected chi connectivity index (χ3v) is 9.62. The van der Waals surface area contributed by atoms with Crippen LogP contribution in [0.2, 0.25) is 0 Å². The van der Waals surface area contributed by atoms with Crippen molar-refractivity contribution >= 4 is 38.5 Å². The maximum absolute atomic E-state index is 14.4. The third kappa shape index (κ3) is 3.99. The van der Waals surface area contributed by atoms with Gasteiger partial charge in [-0.05, 0) is 49.9 Å². The first-order valence-corrected chi connectivity index (χ1v) is 14.1. The zero-order chi connectivity index (χ0) is 26.0. The maximum atomic E-state index is 14.4. The summed E-state index contributed by atoms with van der Waals surface area (Å²) in [4.78, 5) is 11.2. The van der Waals surface area contributed by atoms with Gasteiger partial charge >= 0.3 is 0 Å². The van der Waals surface area contributed by atoms with Crippen molar-refractivity contribution in [2.24, 2.45) is 0 Å². The Labute approximate surface area is 217 Å². The first-order valence-electron chi connectivity index (χ1n) is 12.7. The van der Waals surface area contributed by atoms with Crippen LogP contribution in [0.25, 0.3) is 10.9 Å². The van der Waals surface area contributed by atoms with Gasteiger partial charge in [0.1, 0.15) is 22.3 Å². The summed E-state index contributed by atoms with van der Waals surface area (Å²) in [7, 11) is -4.13. The molecule has 2 aromatic carbocycles. The molecule has 2 bridgehead atoms. The van der Waals surface area contributed by atoms with Crippen LogP contribution in [0, 0.1) is 11.6 Å². The molecule has 5 heterocycles. The summed E-state index contributed by atoms with van der Waals surface area (Å²) >= 11 is 0. The number of hydrogen-bond donors (Lipinski definition) is 2. The van der Waals surface area contributed by atoms with E-state index in [9.17, 15) is 17.2 Å². The molecule has 8 rings (SSSR count). The van der Waals surface area contributed by atoms with E-state index in [0.717, 1.165) is 35.2 Å². The van der Waals surface area contributed by atoms with Gasteiger partial charge in [-0.15, -0.1) is 0 Å². The van der Waals surface area contributed by atoms with Crippen molar-refractivity contribution in [3.63, 3.8) is 0 Å². The van der Waals surface area contributed by atoms with Gasteiger partial charge in [0.2, 0.25) is 16.0 Å². The average molecular weight is 538 g/mol. The summed E-state index contributed by atoms with van der Waals surface area (Å²) in [5.41, 5.74) is 1.87. The van der Waals surface area contributed by atoms with Gasteiger partial charge in [-0.2, -0.15) is 14.4 Å². The topological polar surface area (TPSA) is 107 Å². The van der Waals surface area contributed by atoms with Crippen LogP contribution in [0.4, 0.5) is 26.4 Å². The lowest BCUT2D eigenvalue weighted by Gasteiger charge is -2.50. The van der Waals surface area contributed by atoms with Gasteiger partial charge in [0.25, 0.3) is 0 Å². The van der Waals surface area contributed by atoms with Gasteiger partial charge in [0, 0.05) is 54.3 Å². The number of aromatic amines is 1. The Bertz CT molecular complexity index is 1660. The predicted octanol–water partition coefficient (Wildman–Crippen LogP) is 4.29. The summed E-state index contributed by atoms with van der Waals surface area (Å²) in [5.74, 6) is 0.453. The Morgan fingerprint density at radius 2 is 1.76 bits per heavy atom. The molecule has 38 heavy (non-hydrogen) atoms. The number of hydrogen-bond acceptors (Lipinski definition) is 7. The third-order valence-electron chi connectivity index (χ3n) is 7.67. The van der Waals surface area contributed by atoms with Crippen molar-refractivity contribution in [1.29, 1.82) is 0 Å². The van der Waals surface area contributed by atoms with Gasteiger partial charge in [-0.25, -0.2) is 22.2 Å². The summed E-state index contributed by atoms with van der Waals surface area (Å²) < 4.78 is 55.8. The highest BCUT2D eigenvalue weighted by Gasteiger charge is 2.46. The minimum Gasteiger partial charge on any atom is -0.335 e. The molecule has 196 valence electrons. The number of nitrogens with zero attached hydrogens (tertiary/aromatic N) is 5. The maximum Gasteiger partial charge on any atom is 0.246 e. The summed E-state index contributed by atoms with van der Waals surface area (Å²) in [5, 5.41) is 11.7. The Balaban J connectivity index is 1.19. The first kappa shape index (κ1) is 23.5. The Kier molecular flexibility index (Phi) is 5.38. The Morgan fingerprint density at radius 3 is 2.53 bits per heavy atom. The van der Waals surface area contributed by atoms with Crippen LogP contribution >= 0.6 is 0 Å². The van der Waals surface area contributed by atoms with Gasteiger partial charge in [0.05, 0.1) is 5.52 Å². The molecular formula is C26H25F2N7O2S. The molecular weight excluding hydrogens is 512 g/mol. The summed E-state index contributed by atoms with van der Waals surface area (Å²) in [6.45, 7) is 0.547. The fourth-order valence-corrected chi connectivity index (χ4v) is 7.28. The normalized spacial score (nSPS) is 21.8. The first-order chi connectivity index (χ1) is 18.4. The van der Waals surface area contributed by atoms with Crippen molar-refractivity contribution in [3.8, 4) is 0 Å². The molecule has 0 radical (unpaired) electrons. The van der Waals surface area contributed by atoms with E-state index < -0.39 is 26.6 Å². The van der Waals surface area contributed by atoms with E-state index in [1.165, 1.54) is 17.1 Å². The molecule has 0 spiro atoms. The second-order valence-corrected chi connectivity index (χ2v) is 12.0. The summed E-state index contributed by atoms with van der Waals surface area (Å²) in [6, 6.07) is 11.7. The molecule has 1 saturated carbocycles. The molecule has 2 N–H and O–H groups in total. The van der Waals surface area contributed by atoms with Crippen LogP contribution in [0.15, 0.2) is 53.4 Å². The second-order valence-electron chi connectivity index (χ2n) is 10.2. The highest BCUT2D eigenvalue weighted by atomic mass is 32.2. The molecule has 0 amide bonds. The number of nitrogens with one attached hydrogen (secondary N) is 2. The average Bonchev–Trinajstić information content (AvgIpc) is 3.67. The van der Waals surface area contributed by atoms with Crippen molar-refractivity contribution in [2.75, 3.05) is 23.3 Å². The smallest absolute Gasteiger partial charge is 0.246 e. The standard InChI is InChI=1S/C26H25F2N7O2S/c27-16-7-10-23(20(28)11-16)38(36,37)35-14-17-8-9-18(35)13-34(17)26-29-21-4-2-1-3-19(21)25(31-26)30-24-12-22(32-33-24)15-5-6-15/h1-4,7,10-12,15,17-18H,5-6,8-9,13-14H2,(H2,29,30,31,32,33). The monoisotopic (exact) mass is 537 g/mol. The zero-order valence-corrected chi connectivity index (χ0v) is 21.1. The number of H-pyrrole nitrogens is 1. The number of benzene rings is 2. The van der Waals surface area contributed by atoms with E-state index >= 15 is 0 Å². The van der Waals surface area contributed by atoms with Gasteiger partial charge in [0.15, 0.2) is 5.82 Å². The van der Waals surface area contributed by atoms with Gasteiger partial charge < -0.3 is 10.2 Å². The van der Waals surface area contributed by atoms with Gasteiger partial charge in [-0.3, -0.25) is 5.10 Å². The SMILES string of the molecule is O=S(=O)(c1ccc(F)cc1F)N1CC2CCC1CN2c1nc(Nc2cc(C3CC3)[nH]n2)c2ccccc2n1. The van der Waals surface area contributed by atoms with Crippen LogP contribution < -0.4 is 10.2 Å². The fourth-order valence-electron chi connectivity index (χ4n) is 5.55. The number of piperidine rings is 2. The molecule has 3 saturated heterocycles. The van der Waals surface area contributed by atoms with E-state index in [2.05, 4.69) is 15.5 Å². The number of anilines is 3. The lowest BCUT2D eigenvalue weighted by atomic mass is 9.93. The van der Waals surface area contributed by atoms with Gasteiger partial charge in [-0.1, -0.05) is 12.1 Å². The van der Waals surface area contributed by atoms with E-state index in [0.29, 0.717) is 42.5 Å². The highest BCUT2D eigenvalue weighted by molar-refractivity contribution is 7.89. The van der Waals surface area contributed by atoms with E-state index in [1.807, 2.05) is 35.2 Å². The van der Waals surface area contributed by atoms with Crippen molar-refractivity contribution < 1.29 is 17.2 Å². The van der Waals surface area contributed by atoms with Crippen LogP contribution in [-0.4, -0.2) is 58.1 Å². The summed E-state index contributed by atoms with van der Waals surface area (Å²) in [6.07, 6.45) is 3.73. The number of sulfonamides is 1. The number of fused-ring (bicyclic) bond motifs is 4. The van der Waals surface area contributed by atoms with Crippen LogP contribution in [0.1, 0.15) is 37.3 Å². The lowest BCUT2D eigenvalue weighted by molar-refractivity contribution is 0.178. The Hall–Kier alpha value is -3.64. The van der Waals surface area contributed by atoms with Crippen LogP contribution in [-0.2, 0) is 10.0 Å². The largest absolute Gasteiger partial charge is 0.335 e. The molecule has 12 heteroatoms. The Morgan fingerprint density at radius 1 is 0.947 bits per heavy atom. The van der Waals surface area contributed by atoms with Crippen LogP contribution in [0.5, 0.6) is 0 Å². The lowest BCUT2D eigenvalue weighted by Crippen LogP contribution is -2.64. The molecule has 3 aliphatic heterocycles. The number of piperazine rings is 1. The molecule has 4 fully saturated rings. The molecule has 9 nitrogen and oxygen atoms in total. The van der Waals surface area contributed by atoms with Crippen molar-refractivity contribution in [2.45, 2.75) is 48.6 Å². The molecule has 2 unspecified atom stereocenters. The minimum atomic E-state index is -4.13. The second kappa shape index (κ2) is 8.70. The van der Waals surface area contributed by atoms with Crippen molar-refractivity contribution in [3.05, 3.63) is 65.9 Å². The van der Waals surface area contributed by atoms with Crippen LogP contribution in [0.3, 0.4) is 0 Å². The quantitative estimate of drug-likeness (QED) is 0.378. The number of rotatable bonds is 6. The highest BCUT2D eigenvalue weighted by Crippen LogP contribution is 2.40. The van der Waals surface area contributed by atoms with Crippen molar-refractivity contribution in [1.82, 2.24) is 24.5 Å². The molecule has 2 aromatic heterocycles. The van der Waals surface area contributed by atoms with E-state index in [-0.39, 0.29) is 18.6 Å². The fraction of sp³-hybridized carbons (Fsp3) is 0.346. The van der Waals surface area contributed by atoms with E-state index in [1.54, 1.807) is 0 Å². The number of para-hydroxylation sites is 1. The molecule has 4 aliphatic rings. The number of halogens is 2. The van der Waals surface area contributed by atoms with E-state index in [4.69, 9.17) is 9.97 Å². The molecule has 2 atom stereocenters. The zero-order valence-electron chi connectivity index (χ0n) is 20.3. The molecule has 4 aromatic rings. The predicted molar refractivity (Wildman–Crippen MR) is 138 cm³/mol. The number of aromatic nitrogens is 4.